The van der Waals surface area contributed by atoms with Crippen LogP contribution in [0.5, 0.6) is 0 Å². The molecule has 0 aliphatic rings. The molecule has 118 valence electrons. The van der Waals surface area contributed by atoms with Gasteiger partial charge in [-0.25, -0.2) is 17.4 Å². The van der Waals surface area contributed by atoms with Gasteiger partial charge < -0.3 is 4.84 Å². The largest absolute Gasteiger partial charge is 0.355 e. The molecule has 0 aliphatic heterocycles. The lowest BCUT2D eigenvalue weighted by atomic mass is 9.86. The van der Waals surface area contributed by atoms with Crippen LogP contribution in [0.4, 0.5) is 0 Å². The lowest BCUT2D eigenvalue weighted by molar-refractivity contribution is -0.157. The summed E-state index contributed by atoms with van der Waals surface area (Å²) >= 11 is -2.46. The van der Waals surface area contributed by atoms with Gasteiger partial charge in [-0.15, -0.1) is 0 Å². The van der Waals surface area contributed by atoms with E-state index in [1.54, 1.807) is 30.9 Å². The number of rotatable bonds is 6. The van der Waals surface area contributed by atoms with Crippen molar-refractivity contribution in [3.63, 3.8) is 0 Å². The van der Waals surface area contributed by atoms with Crippen molar-refractivity contribution in [2.75, 3.05) is 6.26 Å². The summed E-state index contributed by atoms with van der Waals surface area (Å²) in [5, 5.41) is 0. The van der Waals surface area contributed by atoms with Crippen LogP contribution in [0.2, 0.25) is 0 Å². The first-order valence-corrected chi connectivity index (χ1v) is 8.89. The van der Waals surface area contributed by atoms with E-state index in [2.05, 4.69) is 4.84 Å². The average Bonchev–Trinajstić information content (AvgIpc) is 2.34. The molecule has 7 nitrogen and oxygen atoms in total. The molecule has 0 fully saturated rings. The van der Waals surface area contributed by atoms with E-state index in [-0.39, 0.29) is 11.3 Å². The zero-order valence-corrected chi connectivity index (χ0v) is 13.5. The summed E-state index contributed by atoms with van der Waals surface area (Å²) in [6.45, 7) is 3.18. The zero-order valence-electron chi connectivity index (χ0n) is 11.8. The Kier molecular flexibility index (Phi) is 5.62. The van der Waals surface area contributed by atoms with Crippen LogP contribution in [0.15, 0.2) is 29.2 Å². The molecule has 1 aromatic rings. The first-order valence-electron chi connectivity index (χ1n) is 5.89. The van der Waals surface area contributed by atoms with Gasteiger partial charge in [-0.3, -0.25) is 4.55 Å². The number of carbonyl (C=O) groups is 1. The van der Waals surface area contributed by atoms with Gasteiger partial charge >= 0.3 is 5.97 Å². The minimum atomic E-state index is -3.32. The van der Waals surface area contributed by atoms with Crippen LogP contribution in [0.1, 0.15) is 19.4 Å². The highest BCUT2D eigenvalue weighted by atomic mass is 32.2. The lowest BCUT2D eigenvalue weighted by Gasteiger charge is -2.21. The maximum absolute atomic E-state index is 11.8. The molecule has 0 spiro atoms. The second-order valence-corrected chi connectivity index (χ2v) is 7.88. The van der Waals surface area contributed by atoms with Crippen LogP contribution in [-0.2, 0) is 37.2 Å². The van der Waals surface area contributed by atoms with Gasteiger partial charge in [-0.1, -0.05) is 12.1 Å². The van der Waals surface area contributed by atoms with Crippen molar-refractivity contribution in [2.45, 2.75) is 25.2 Å². The maximum atomic E-state index is 11.8. The number of hydrogen-bond acceptors (Lipinski definition) is 5. The van der Waals surface area contributed by atoms with Crippen molar-refractivity contribution in [1.82, 2.24) is 4.89 Å². The Labute approximate surface area is 126 Å². The Balaban J connectivity index is 2.89. The molecule has 1 unspecified atom stereocenters. The van der Waals surface area contributed by atoms with Crippen LogP contribution in [0.3, 0.4) is 0 Å². The molecule has 21 heavy (non-hydrogen) atoms. The Hall–Kier alpha value is -1.29. The van der Waals surface area contributed by atoms with E-state index >= 15 is 0 Å². The fraction of sp³-hybridized carbons (Fsp3) is 0.417. The molecule has 1 aromatic carbocycles. The van der Waals surface area contributed by atoms with Gasteiger partial charge in [0.2, 0.25) is 0 Å². The van der Waals surface area contributed by atoms with Gasteiger partial charge in [0.15, 0.2) is 9.84 Å². The summed E-state index contributed by atoms with van der Waals surface area (Å²) < 4.78 is 41.9. The van der Waals surface area contributed by atoms with Gasteiger partial charge in [0.1, 0.15) is 0 Å². The molecular formula is C12H17NO6S2. The molecule has 0 aromatic heterocycles. The fourth-order valence-corrected chi connectivity index (χ4v) is 2.52. The summed E-state index contributed by atoms with van der Waals surface area (Å²) in [6, 6.07) is 6.25. The highest BCUT2D eigenvalue weighted by molar-refractivity contribution is 7.90. The third-order valence-electron chi connectivity index (χ3n) is 2.73. The molecule has 1 atom stereocenters. The topological polar surface area (TPSA) is 110 Å². The van der Waals surface area contributed by atoms with Crippen LogP contribution >= 0.6 is 0 Å². The van der Waals surface area contributed by atoms with Gasteiger partial charge in [0.05, 0.1) is 10.3 Å². The quantitative estimate of drug-likeness (QED) is 0.589. The lowest BCUT2D eigenvalue weighted by Crippen LogP contribution is -2.34. The molecule has 0 saturated carbocycles. The van der Waals surface area contributed by atoms with Crippen LogP contribution in [0.25, 0.3) is 0 Å². The van der Waals surface area contributed by atoms with Gasteiger partial charge in [0.25, 0.3) is 11.3 Å². The van der Waals surface area contributed by atoms with Gasteiger partial charge in [0, 0.05) is 6.26 Å². The summed E-state index contributed by atoms with van der Waals surface area (Å²) in [5.74, 6) is -0.727. The van der Waals surface area contributed by atoms with E-state index < -0.39 is 32.5 Å². The SMILES string of the molecule is CC(C)(Cc1cccc(S(C)(=O)=O)c1)C(=O)ONS(=O)O. The highest BCUT2D eigenvalue weighted by Crippen LogP contribution is 2.24. The first kappa shape index (κ1) is 17.8. The average molecular weight is 335 g/mol. The molecule has 0 heterocycles. The minimum absolute atomic E-state index is 0.166. The Bertz CT molecular complexity index is 653. The molecule has 0 bridgehead atoms. The number of hydrogen-bond donors (Lipinski definition) is 2. The molecule has 0 radical (unpaired) electrons. The Morgan fingerprint density at radius 3 is 2.57 bits per heavy atom. The fourth-order valence-electron chi connectivity index (χ4n) is 1.68. The summed E-state index contributed by atoms with van der Waals surface area (Å²) in [7, 11) is -3.32. The molecule has 0 saturated heterocycles. The minimum Gasteiger partial charge on any atom is -0.355 e. The molecular weight excluding hydrogens is 318 g/mol. The maximum Gasteiger partial charge on any atom is 0.332 e. The molecule has 0 aliphatic carbocycles. The zero-order chi connectivity index (χ0) is 16.3. The summed E-state index contributed by atoms with van der Waals surface area (Å²) in [5.41, 5.74) is -0.354. The van der Waals surface area contributed by atoms with E-state index in [4.69, 9.17) is 4.55 Å². The predicted molar refractivity (Wildman–Crippen MR) is 77.0 cm³/mol. The van der Waals surface area contributed by atoms with Crippen molar-refractivity contribution >= 4 is 27.1 Å². The van der Waals surface area contributed by atoms with E-state index in [9.17, 15) is 17.4 Å². The monoisotopic (exact) mass is 335 g/mol. The van der Waals surface area contributed by atoms with Crippen molar-refractivity contribution < 1.29 is 26.8 Å². The van der Waals surface area contributed by atoms with E-state index in [0.717, 1.165) is 6.26 Å². The van der Waals surface area contributed by atoms with Crippen LogP contribution in [0, 0.1) is 5.41 Å². The molecule has 2 N–H and O–H groups in total. The smallest absolute Gasteiger partial charge is 0.332 e. The van der Waals surface area contributed by atoms with Crippen molar-refractivity contribution in [2.24, 2.45) is 5.41 Å². The second-order valence-electron chi connectivity index (χ2n) is 5.20. The van der Waals surface area contributed by atoms with Gasteiger partial charge in [-0.05, 0) is 42.8 Å². The van der Waals surface area contributed by atoms with E-state index in [0.29, 0.717) is 5.56 Å². The molecule has 0 amide bonds. The normalized spacial score (nSPS) is 13.7. The van der Waals surface area contributed by atoms with E-state index in [1.807, 2.05) is 0 Å². The number of carbonyl (C=O) groups excluding carboxylic acids is 1. The van der Waals surface area contributed by atoms with Crippen LogP contribution < -0.4 is 4.89 Å². The predicted octanol–water partition coefficient (Wildman–Crippen LogP) is 0.843. The van der Waals surface area contributed by atoms with Crippen LogP contribution in [-0.4, -0.2) is 29.4 Å². The molecule has 1 rings (SSSR count). The van der Waals surface area contributed by atoms with E-state index in [1.165, 1.54) is 12.1 Å². The Morgan fingerprint density at radius 2 is 2.05 bits per heavy atom. The molecule has 9 heteroatoms. The highest BCUT2D eigenvalue weighted by Gasteiger charge is 2.30. The van der Waals surface area contributed by atoms with Crippen molar-refractivity contribution in [1.29, 1.82) is 0 Å². The Morgan fingerprint density at radius 1 is 1.43 bits per heavy atom. The van der Waals surface area contributed by atoms with Crippen molar-refractivity contribution in [3.05, 3.63) is 29.8 Å². The third kappa shape index (κ3) is 5.54. The summed E-state index contributed by atoms with van der Waals surface area (Å²) in [4.78, 5) is 18.1. The first-order chi connectivity index (χ1) is 9.52. The third-order valence-corrected chi connectivity index (χ3v) is 4.07. The second kappa shape index (κ2) is 6.65. The van der Waals surface area contributed by atoms with Gasteiger partial charge in [-0.2, -0.15) is 0 Å². The van der Waals surface area contributed by atoms with Crippen molar-refractivity contribution in [3.8, 4) is 0 Å². The number of benzene rings is 1. The number of nitrogens with one attached hydrogen (secondary N) is 1. The summed E-state index contributed by atoms with van der Waals surface area (Å²) in [6.07, 6.45) is 1.32. The number of sulfone groups is 1. The standard InChI is InChI=1S/C12H17NO6S2/c1-12(2,11(14)19-13-20(15)16)8-9-5-4-6-10(7-9)21(3,17)18/h4-7,13H,8H2,1-3H3,(H,15,16).